The minimum absolute atomic E-state index is 0.0618. The van der Waals surface area contributed by atoms with Crippen molar-refractivity contribution < 1.29 is 14.3 Å². The van der Waals surface area contributed by atoms with Gasteiger partial charge in [0, 0.05) is 17.3 Å². The summed E-state index contributed by atoms with van der Waals surface area (Å²) in [5.74, 6) is 1.26. The van der Waals surface area contributed by atoms with Gasteiger partial charge in [-0.1, -0.05) is 48.9 Å². The molecule has 3 aromatic carbocycles. The number of carbonyl (C=O) groups is 1. The van der Waals surface area contributed by atoms with Gasteiger partial charge < -0.3 is 20.5 Å². The summed E-state index contributed by atoms with van der Waals surface area (Å²) in [7, 11) is 1.61. The van der Waals surface area contributed by atoms with Crippen LogP contribution in [0.1, 0.15) is 46.9 Å². The molecule has 5 aromatic rings. The number of nitrogens with two attached hydrogens (primary N) is 1. The number of para-hydroxylation sites is 1. The SMILES string of the molecule is CCCOc1ccc(CC(=O)NCCc2c(N)c(C)nc3c2c2ccccc2n3-c2c(C)cc(C)cc2C)cc1OC. The summed E-state index contributed by atoms with van der Waals surface area (Å²) in [5, 5.41) is 5.23. The zero-order valence-corrected chi connectivity index (χ0v) is 25.4. The number of carbonyl (C=O) groups excluding carboxylic acids is 1. The van der Waals surface area contributed by atoms with E-state index in [0.29, 0.717) is 36.8 Å². The molecule has 0 aliphatic heterocycles. The molecule has 1 amide bonds. The third kappa shape index (κ3) is 5.51. The second kappa shape index (κ2) is 12.1. The Balaban J connectivity index is 1.45. The fraction of sp³-hybridized carbons (Fsp3) is 0.314. The van der Waals surface area contributed by atoms with Crippen molar-refractivity contribution in [2.75, 3.05) is 26.0 Å². The molecule has 0 aliphatic carbocycles. The summed E-state index contributed by atoms with van der Waals surface area (Å²) >= 11 is 0. The van der Waals surface area contributed by atoms with E-state index in [4.69, 9.17) is 20.2 Å². The zero-order valence-electron chi connectivity index (χ0n) is 25.4. The van der Waals surface area contributed by atoms with Gasteiger partial charge in [-0.05, 0) is 81.0 Å². The monoisotopic (exact) mass is 564 g/mol. The molecule has 2 heterocycles. The van der Waals surface area contributed by atoms with Crippen molar-refractivity contribution in [2.45, 2.75) is 53.9 Å². The lowest BCUT2D eigenvalue weighted by molar-refractivity contribution is -0.120. The van der Waals surface area contributed by atoms with Gasteiger partial charge >= 0.3 is 0 Å². The maximum Gasteiger partial charge on any atom is 0.224 e. The van der Waals surface area contributed by atoms with Crippen LogP contribution in [0.25, 0.3) is 27.6 Å². The van der Waals surface area contributed by atoms with E-state index < -0.39 is 0 Å². The van der Waals surface area contributed by atoms with Gasteiger partial charge in [-0.3, -0.25) is 9.36 Å². The van der Waals surface area contributed by atoms with Gasteiger partial charge in [0.25, 0.3) is 0 Å². The predicted octanol–water partition coefficient (Wildman–Crippen LogP) is 6.69. The minimum Gasteiger partial charge on any atom is -0.493 e. The van der Waals surface area contributed by atoms with Gasteiger partial charge in [0.2, 0.25) is 5.91 Å². The molecule has 0 saturated heterocycles. The highest BCUT2D eigenvalue weighted by Gasteiger charge is 2.21. The zero-order chi connectivity index (χ0) is 30.0. The molecular formula is C35H40N4O3. The minimum atomic E-state index is -0.0618. The summed E-state index contributed by atoms with van der Waals surface area (Å²) in [6.07, 6.45) is 1.74. The third-order valence-corrected chi connectivity index (χ3v) is 7.75. The lowest BCUT2D eigenvalue weighted by Gasteiger charge is -2.16. The lowest BCUT2D eigenvalue weighted by atomic mass is 10.0. The van der Waals surface area contributed by atoms with E-state index in [-0.39, 0.29) is 12.3 Å². The number of anilines is 1. The molecule has 7 nitrogen and oxygen atoms in total. The number of aromatic nitrogens is 2. The van der Waals surface area contributed by atoms with Crippen LogP contribution in [0.5, 0.6) is 11.5 Å². The van der Waals surface area contributed by atoms with E-state index in [1.807, 2.05) is 25.1 Å². The van der Waals surface area contributed by atoms with Crippen LogP contribution in [0.15, 0.2) is 54.6 Å². The Labute approximate surface area is 247 Å². The summed E-state index contributed by atoms with van der Waals surface area (Å²) in [5.41, 5.74) is 16.7. The number of hydrogen-bond donors (Lipinski definition) is 2. The van der Waals surface area contributed by atoms with Crippen molar-refractivity contribution >= 4 is 33.5 Å². The number of methoxy groups -OCH3 is 1. The maximum absolute atomic E-state index is 12.9. The normalized spacial score (nSPS) is 11.3. The number of nitrogens with one attached hydrogen (secondary N) is 1. The second-order valence-electron chi connectivity index (χ2n) is 11.0. The van der Waals surface area contributed by atoms with Crippen molar-refractivity contribution in [3.8, 4) is 17.2 Å². The van der Waals surface area contributed by atoms with E-state index >= 15 is 0 Å². The molecule has 0 unspecified atom stereocenters. The van der Waals surface area contributed by atoms with E-state index in [9.17, 15) is 4.79 Å². The molecule has 0 bridgehead atoms. The molecule has 3 N–H and O–H groups in total. The average Bonchev–Trinajstić information content (AvgIpc) is 3.27. The van der Waals surface area contributed by atoms with Gasteiger partial charge in [-0.25, -0.2) is 4.98 Å². The molecule has 5 rings (SSSR count). The number of aryl methyl sites for hydroxylation is 4. The van der Waals surface area contributed by atoms with Crippen LogP contribution >= 0.6 is 0 Å². The van der Waals surface area contributed by atoms with Gasteiger partial charge in [-0.15, -0.1) is 0 Å². The number of rotatable bonds is 10. The standard InChI is InChI=1S/C35H40N4O3/c1-7-16-42-29-13-12-25(19-30(29)41-6)20-31(40)37-15-14-27-32-26-10-8-9-11-28(26)39(35(32)38-24(5)33(27)36)34-22(3)17-21(2)18-23(34)4/h8-13,17-19H,7,14-16,20,36H2,1-6H3,(H,37,40). The molecule has 0 atom stereocenters. The first-order valence-electron chi connectivity index (χ1n) is 14.6. The van der Waals surface area contributed by atoms with Crippen LogP contribution in [0.2, 0.25) is 0 Å². The molecule has 218 valence electrons. The summed E-state index contributed by atoms with van der Waals surface area (Å²) in [6.45, 7) is 11.5. The number of nitrogens with zero attached hydrogens (tertiary/aromatic N) is 2. The Morgan fingerprint density at radius 3 is 2.45 bits per heavy atom. The fourth-order valence-corrected chi connectivity index (χ4v) is 5.94. The molecule has 0 radical (unpaired) electrons. The van der Waals surface area contributed by atoms with E-state index in [1.54, 1.807) is 7.11 Å². The summed E-state index contributed by atoms with van der Waals surface area (Å²) in [4.78, 5) is 18.0. The van der Waals surface area contributed by atoms with Crippen LogP contribution in [0.3, 0.4) is 0 Å². The highest BCUT2D eigenvalue weighted by molar-refractivity contribution is 6.11. The predicted molar refractivity (Wildman–Crippen MR) is 171 cm³/mol. The number of fused-ring (bicyclic) bond motifs is 3. The van der Waals surface area contributed by atoms with Crippen molar-refractivity contribution in [2.24, 2.45) is 0 Å². The van der Waals surface area contributed by atoms with Gasteiger partial charge in [-0.2, -0.15) is 0 Å². The number of benzene rings is 3. The maximum atomic E-state index is 12.9. The van der Waals surface area contributed by atoms with Crippen LogP contribution in [-0.2, 0) is 17.6 Å². The number of ether oxygens (including phenoxy) is 2. The molecular weight excluding hydrogens is 524 g/mol. The topological polar surface area (TPSA) is 91.4 Å². The molecule has 0 saturated carbocycles. The Kier molecular flexibility index (Phi) is 8.39. The smallest absolute Gasteiger partial charge is 0.224 e. The van der Waals surface area contributed by atoms with E-state index in [1.165, 1.54) is 16.7 Å². The van der Waals surface area contributed by atoms with Gasteiger partial charge in [0.1, 0.15) is 5.65 Å². The number of hydrogen-bond acceptors (Lipinski definition) is 5. The number of pyridine rings is 1. The van der Waals surface area contributed by atoms with Crippen LogP contribution < -0.4 is 20.5 Å². The van der Waals surface area contributed by atoms with Gasteiger partial charge in [0.05, 0.1) is 42.7 Å². The first-order chi connectivity index (χ1) is 20.2. The molecule has 2 aromatic heterocycles. The third-order valence-electron chi connectivity index (χ3n) is 7.75. The Morgan fingerprint density at radius 2 is 1.74 bits per heavy atom. The van der Waals surface area contributed by atoms with Crippen molar-refractivity contribution in [3.05, 3.63) is 88.1 Å². The van der Waals surface area contributed by atoms with Crippen LogP contribution in [0, 0.1) is 27.7 Å². The molecule has 0 spiro atoms. The van der Waals surface area contributed by atoms with Gasteiger partial charge in [0.15, 0.2) is 11.5 Å². The van der Waals surface area contributed by atoms with Crippen LogP contribution in [-0.4, -0.2) is 35.7 Å². The highest BCUT2D eigenvalue weighted by Crippen LogP contribution is 2.38. The average molecular weight is 565 g/mol. The first kappa shape index (κ1) is 29.0. The first-order valence-corrected chi connectivity index (χ1v) is 14.6. The fourth-order valence-electron chi connectivity index (χ4n) is 5.94. The summed E-state index contributed by atoms with van der Waals surface area (Å²) < 4.78 is 13.5. The molecule has 7 heteroatoms. The van der Waals surface area contributed by atoms with E-state index in [0.717, 1.165) is 50.9 Å². The second-order valence-corrected chi connectivity index (χ2v) is 11.0. The Hall–Kier alpha value is -4.52. The largest absolute Gasteiger partial charge is 0.493 e. The Bertz CT molecular complexity index is 1760. The quantitative estimate of drug-likeness (QED) is 0.197. The lowest BCUT2D eigenvalue weighted by Crippen LogP contribution is -2.27. The number of amides is 1. The van der Waals surface area contributed by atoms with Crippen molar-refractivity contribution in [3.63, 3.8) is 0 Å². The number of nitrogen functional groups attached to an aromatic ring is 1. The molecule has 0 aliphatic rings. The van der Waals surface area contributed by atoms with Crippen LogP contribution in [0.4, 0.5) is 5.69 Å². The highest BCUT2D eigenvalue weighted by atomic mass is 16.5. The van der Waals surface area contributed by atoms with E-state index in [2.05, 4.69) is 74.0 Å². The molecule has 0 fully saturated rings. The Morgan fingerprint density at radius 1 is 1.00 bits per heavy atom. The van der Waals surface area contributed by atoms with Crippen molar-refractivity contribution in [1.29, 1.82) is 0 Å². The van der Waals surface area contributed by atoms with Crippen molar-refractivity contribution in [1.82, 2.24) is 14.9 Å². The molecule has 42 heavy (non-hydrogen) atoms. The summed E-state index contributed by atoms with van der Waals surface area (Å²) in [6, 6.07) is 18.4.